The van der Waals surface area contributed by atoms with Gasteiger partial charge in [0.15, 0.2) is 0 Å². The molecule has 2 aliphatic rings. The van der Waals surface area contributed by atoms with Crippen LogP contribution >= 0.6 is 0 Å². The Balaban J connectivity index is 1.78. The Morgan fingerprint density at radius 3 is 2.60 bits per heavy atom. The number of carbonyl (C=O) groups is 2. The number of hydrogen-bond acceptors (Lipinski definition) is 3. The largest absolute Gasteiger partial charge is 0.481 e. The highest BCUT2D eigenvalue weighted by atomic mass is 19.1. The normalized spacial score (nSPS) is 26.0. The highest BCUT2D eigenvalue weighted by Gasteiger charge is 2.39. The Kier molecular flexibility index (Phi) is 5.37. The Labute approximate surface area is 146 Å². The van der Waals surface area contributed by atoms with Crippen molar-refractivity contribution in [2.75, 3.05) is 13.2 Å². The number of carboxylic acids is 1. The van der Waals surface area contributed by atoms with Crippen LogP contribution in [0.4, 0.5) is 4.39 Å². The van der Waals surface area contributed by atoms with E-state index in [1.54, 1.807) is 6.07 Å². The summed E-state index contributed by atoms with van der Waals surface area (Å²) >= 11 is 0. The van der Waals surface area contributed by atoms with Gasteiger partial charge < -0.3 is 15.2 Å². The van der Waals surface area contributed by atoms with Crippen molar-refractivity contribution < 1.29 is 23.8 Å². The van der Waals surface area contributed by atoms with Crippen LogP contribution in [0.3, 0.4) is 0 Å². The fourth-order valence-corrected chi connectivity index (χ4v) is 3.98. The molecule has 5 nitrogen and oxygen atoms in total. The van der Waals surface area contributed by atoms with E-state index in [1.807, 2.05) is 6.07 Å². The molecule has 1 aliphatic heterocycles. The van der Waals surface area contributed by atoms with Gasteiger partial charge in [0.1, 0.15) is 5.82 Å². The summed E-state index contributed by atoms with van der Waals surface area (Å²) in [6, 6.07) is 6.33. The van der Waals surface area contributed by atoms with Gasteiger partial charge in [-0.3, -0.25) is 9.59 Å². The number of aliphatic carboxylic acids is 1. The molecule has 2 N–H and O–H groups in total. The lowest BCUT2D eigenvalue weighted by atomic mass is 9.78. The molecule has 2 atom stereocenters. The fourth-order valence-electron chi connectivity index (χ4n) is 3.98. The van der Waals surface area contributed by atoms with E-state index in [2.05, 4.69) is 5.32 Å². The number of hydrogen-bond donors (Lipinski definition) is 2. The first-order valence-corrected chi connectivity index (χ1v) is 8.89. The predicted molar refractivity (Wildman–Crippen MR) is 89.4 cm³/mol. The molecule has 1 amide bonds. The van der Waals surface area contributed by atoms with Crippen molar-refractivity contribution in [3.63, 3.8) is 0 Å². The molecule has 0 radical (unpaired) electrons. The number of amides is 1. The molecule has 2 unspecified atom stereocenters. The van der Waals surface area contributed by atoms with Gasteiger partial charge in [-0.05, 0) is 49.8 Å². The second kappa shape index (κ2) is 7.52. The highest BCUT2D eigenvalue weighted by Crippen LogP contribution is 2.35. The molecule has 1 saturated heterocycles. The van der Waals surface area contributed by atoms with Crippen molar-refractivity contribution in [2.24, 2.45) is 11.8 Å². The first-order chi connectivity index (χ1) is 12.0. The number of rotatable bonds is 4. The van der Waals surface area contributed by atoms with Crippen molar-refractivity contribution in [1.82, 2.24) is 5.32 Å². The second-order valence-corrected chi connectivity index (χ2v) is 7.09. The summed E-state index contributed by atoms with van der Waals surface area (Å²) in [4.78, 5) is 24.1. The van der Waals surface area contributed by atoms with E-state index in [0.29, 0.717) is 45.3 Å². The molecule has 1 aromatic carbocycles. The van der Waals surface area contributed by atoms with E-state index in [1.165, 1.54) is 12.1 Å². The van der Waals surface area contributed by atoms with Crippen LogP contribution in [0.25, 0.3) is 0 Å². The van der Waals surface area contributed by atoms with Crippen LogP contribution in [0, 0.1) is 17.7 Å². The van der Waals surface area contributed by atoms with Crippen LogP contribution in [0.2, 0.25) is 0 Å². The summed E-state index contributed by atoms with van der Waals surface area (Å²) in [5.74, 6) is -2.05. The molecular weight excluding hydrogens is 325 g/mol. The zero-order chi connectivity index (χ0) is 17.9. The maximum absolute atomic E-state index is 13.7. The van der Waals surface area contributed by atoms with Gasteiger partial charge in [0.2, 0.25) is 5.91 Å². The van der Waals surface area contributed by atoms with Gasteiger partial charge in [0, 0.05) is 19.1 Å². The lowest BCUT2D eigenvalue weighted by molar-refractivity contribution is -0.144. The van der Waals surface area contributed by atoms with E-state index >= 15 is 0 Å². The van der Waals surface area contributed by atoms with E-state index in [-0.39, 0.29) is 17.6 Å². The van der Waals surface area contributed by atoms with Gasteiger partial charge in [0.25, 0.3) is 0 Å². The molecule has 0 bridgehead atoms. The first-order valence-electron chi connectivity index (χ1n) is 8.89. The summed E-state index contributed by atoms with van der Waals surface area (Å²) < 4.78 is 19.1. The van der Waals surface area contributed by atoms with Gasteiger partial charge in [-0.1, -0.05) is 18.6 Å². The summed E-state index contributed by atoms with van der Waals surface area (Å²) in [7, 11) is 0. The minimum atomic E-state index is -0.830. The molecule has 1 aromatic rings. The van der Waals surface area contributed by atoms with Crippen LogP contribution in [0.15, 0.2) is 24.3 Å². The summed E-state index contributed by atoms with van der Waals surface area (Å²) in [5.41, 5.74) is 0.0999. The number of nitrogens with one attached hydrogen (secondary N) is 1. The van der Waals surface area contributed by atoms with E-state index in [0.717, 1.165) is 12.0 Å². The van der Waals surface area contributed by atoms with Crippen LogP contribution < -0.4 is 5.32 Å². The molecule has 0 spiro atoms. The zero-order valence-electron chi connectivity index (χ0n) is 14.2. The molecule has 0 aromatic heterocycles. The summed E-state index contributed by atoms with van der Waals surface area (Å²) in [6.07, 6.45) is 3.60. The average molecular weight is 349 g/mol. The maximum atomic E-state index is 13.7. The van der Waals surface area contributed by atoms with Crippen LogP contribution in [-0.2, 0) is 19.9 Å². The fraction of sp³-hybridized carbons (Fsp3) is 0.579. The van der Waals surface area contributed by atoms with Gasteiger partial charge in [-0.25, -0.2) is 4.39 Å². The van der Waals surface area contributed by atoms with E-state index < -0.39 is 17.4 Å². The molecule has 3 rings (SSSR count). The minimum Gasteiger partial charge on any atom is -0.481 e. The molecule has 1 heterocycles. The predicted octanol–water partition coefficient (Wildman–Crippen LogP) is 2.84. The van der Waals surface area contributed by atoms with Crippen molar-refractivity contribution in [3.8, 4) is 0 Å². The third-order valence-corrected chi connectivity index (χ3v) is 5.48. The van der Waals surface area contributed by atoms with Crippen molar-refractivity contribution in [2.45, 2.75) is 44.1 Å². The molecule has 1 aliphatic carbocycles. The molecular formula is C19H24FNO4. The Morgan fingerprint density at radius 2 is 1.92 bits per heavy atom. The Hall–Kier alpha value is -1.95. The summed E-state index contributed by atoms with van der Waals surface area (Å²) in [6.45, 7) is 0.998. The van der Waals surface area contributed by atoms with Crippen molar-refractivity contribution >= 4 is 11.9 Å². The quantitative estimate of drug-likeness (QED) is 0.876. The first kappa shape index (κ1) is 17.9. The number of benzene rings is 1. The van der Waals surface area contributed by atoms with Gasteiger partial charge in [-0.15, -0.1) is 0 Å². The van der Waals surface area contributed by atoms with Gasteiger partial charge in [0.05, 0.1) is 11.5 Å². The topological polar surface area (TPSA) is 75.6 Å². The standard InChI is InChI=1S/C19H24FNO4/c20-16-6-2-5-15(12-16)19(7-9-25-10-8-19)21-17(22)13-3-1-4-14(11-13)18(23)24/h2,5-6,12-14H,1,3-4,7-11H2,(H,21,22)(H,23,24). The second-order valence-electron chi connectivity index (χ2n) is 7.09. The molecule has 1 saturated carbocycles. The van der Waals surface area contributed by atoms with E-state index in [9.17, 15) is 19.1 Å². The number of halogens is 1. The average Bonchev–Trinajstić information content (AvgIpc) is 2.62. The van der Waals surface area contributed by atoms with Crippen LogP contribution in [0.1, 0.15) is 44.1 Å². The van der Waals surface area contributed by atoms with E-state index in [4.69, 9.17) is 4.74 Å². The van der Waals surface area contributed by atoms with Gasteiger partial charge >= 0.3 is 5.97 Å². The van der Waals surface area contributed by atoms with Crippen molar-refractivity contribution in [1.29, 1.82) is 0 Å². The summed E-state index contributed by atoms with van der Waals surface area (Å²) in [5, 5.41) is 12.4. The Morgan fingerprint density at radius 1 is 1.20 bits per heavy atom. The monoisotopic (exact) mass is 349 g/mol. The molecule has 25 heavy (non-hydrogen) atoms. The molecule has 136 valence electrons. The molecule has 2 fully saturated rings. The highest BCUT2D eigenvalue weighted by molar-refractivity contribution is 5.81. The minimum absolute atomic E-state index is 0.128. The van der Waals surface area contributed by atoms with Crippen molar-refractivity contribution in [3.05, 3.63) is 35.6 Å². The third-order valence-electron chi connectivity index (χ3n) is 5.48. The smallest absolute Gasteiger partial charge is 0.306 e. The lowest BCUT2D eigenvalue weighted by Crippen LogP contribution is -2.51. The Bertz CT molecular complexity index is 642. The molecule has 6 heteroatoms. The zero-order valence-corrected chi connectivity index (χ0v) is 14.2. The van der Waals surface area contributed by atoms with Gasteiger partial charge in [-0.2, -0.15) is 0 Å². The lowest BCUT2D eigenvalue weighted by Gasteiger charge is -2.40. The number of ether oxygens (including phenoxy) is 1. The third kappa shape index (κ3) is 4.00. The number of carbonyl (C=O) groups excluding carboxylic acids is 1. The number of carboxylic acid groups (broad SMARTS) is 1. The maximum Gasteiger partial charge on any atom is 0.306 e. The van der Waals surface area contributed by atoms with Crippen LogP contribution in [-0.4, -0.2) is 30.2 Å². The van der Waals surface area contributed by atoms with Crippen LogP contribution in [0.5, 0.6) is 0 Å². The SMILES string of the molecule is O=C(O)C1CCCC(C(=O)NC2(c3cccc(F)c3)CCOCC2)C1.